The van der Waals surface area contributed by atoms with E-state index in [1.165, 1.54) is 6.07 Å². The molecule has 28 heavy (non-hydrogen) atoms. The van der Waals surface area contributed by atoms with Crippen molar-refractivity contribution in [3.63, 3.8) is 0 Å². The van der Waals surface area contributed by atoms with Gasteiger partial charge in [-0.05, 0) is 36.4 Å². The van der Waals surface area contributed by atoms with Gasteiger partial charge >= 0.3 is 0 Å². The van der Waals surface area contributed by atoms with Gasteiger partial charge in [0, 0.05) is 18.0 Å². The summed E-state index contributed by atoms with van der Waals surface area (Å²) in [5, 5.41) is 2.79. The number of hydrogen-bond acceptors (Lipinski definition) is 5. The molecule has 0 spiro atoms. The lowest BCUT2D eigenvalue weighted by Gasteiger charge is -2.04. The number of anilines is 1. The van der Waals surface area contributed by atoms with Crippen molar-refractivity contribution in [2.75, 3.05) is 11.6 Å². The van der Waals surface area contributed by atoms with Crippen molar-refractivity contribution in [1.82, 2.24) is 15.0 Å². The van der Waals surface area contributed by atoms with Gasteiger partial charge in [-0.3, -0.25) is 9.78 Å². The number of sulfone groups is 1. The van der Waals surface area contributed by atoms with Crippen LogP contribution < -0.4 is 5.32 Å². The SMILES string of the molecule is CS(=O)(=O)c1cccc(-c2nc3c(C(=O)Nc4cccnc4)cccc3[nH]2)c1. The standard InChI is InChI=1S/C20H16N4O3S/c1-28(26,27)15-7-2-5-13(11-15)19-23-17-9-3-8-16(18(17)24-19)20(25)22-14-6-4-10-21-12-14/h2-12H,1H3,(H,22,25)(H,23,24). The third-order valence-electron chi connectivity index (χ3n) is 4.21. The number of pyridine rings is 1. The van der Waals surface area contributed by atoms with Gasteiger partial charge in [-0.25, -0.2) is 13.4 Å². The van der Waals surface area contributed by atoms with Crippen molar-refractivity contribution in [1.29, 1.82) is 0 Å². The Morgan fingerprint density at radius 2 is 1.89 bits per heavy atom. The summed E-state index contributed by atoms with van der Waals surface area (Å²) in [6.07, 6.45) is 4.34. The Morgan fingerprint density at radius 3 is 2.64 bits per heavy atom. The second kappa shape index (κ2) is 6.90. The highest BCUT2D eigenvalue weighted by molar-refractivity contribution is 7.90. The molecule has 140 valence electrons. The molecule has 8 heteroatoms. The summed E-state index contributed by atoms with van der Waals surface area (Å²) in [5.41, 5.74) is 2.80. The summed E-state index contributed by atoms with van der Waals surface area (Å²) in [7, 11) is -3.33. The molecular formula is C20H16N4O3S. The number of benzene rings is 2. The fraction of sp³-hybridized carbons (Fsp3) is 0.0500. The normalized spacial score (nSPS) is 11.5. The number of H-pyrrole nitrogens is 1. The summed E-state index contributed by atoms with van der Waals surface area (Å²) < 4.78 is 23.6. The molecule has 0 radical (unpaired) electrons. The molecule has 0 saturated heterocycles. The fourth-order valence-electron chi connectivity index (χ4n) is 2.86. The number of rotatable bonds is 4. The molecule has 0 bridgehead atoms. The second-order valence-electron chi connectivity index (χ2n) is 6.28. The van der Waals surface area contributed by atoms with E-state index in [0.29, 0.717) is 33.7 Å². The van der Waals surface area contributed by atoms with Crippen molar-refractivity contribution < 1.29 is 13.2 Å². The van der Waals surface area contributed by atoms with E-state index in [2.05, 4.69) is 20.3 Å². The van der Waals surface area contributed by atoms with Gasteiger partial charge < -0.3 is 10.3 Å². The van der Waals surface area contributed by atoms with E-state index < -0.39 is 9.84 Å². The van der Waals surface area contributed by atoms with Crippen molar-refractivity contribution in [3.8, 4) is 11.4 Å². The smallest absolute Gasteiger partial charge is 0.257 e. The average molecular weight is 392 g/mol. The van der Waals surface area contributed by atoms with Gasteiger partial charge in [0.15, 0.2) is 9.84 Å². The number of carbonyl (C=O) groups excluding carboxylic acids is 1. The van der Waals surface area contributed by atoms with Crippen LogP contribution in [-0.4, -0.2) is 35.5 Å². The van der Waals surface area contributed by atoms with Gasteiger partial charge in [0.1, 0.15) is 11.3 Å². The zero-order valence-corrected chi connectivity index (χ0v) is 15.7. The topological polar surface area (TPSA) is 105 Å². The highest BCUT2D eigenvalue weighted by atomic mass is 32.2. The molecule has 2 heterocycles. The number of hydrogen-bond donors (Lipinski definition) is 2. The van der Waals surface area contributed by atoms with Crippen LogP contribution in [-0.2, 0) is 9.84 Å². The minimum atomic E-state index is -3.33. The zero-order valence-electron chi connectivity index (χ0n) is 14.9. The summed E-state index contributed by atoms with van der Waals surface area (Å²) in [4.78, 5) is 24.6. The quantitative estimate of drug-likeness (QED) is 0.554. The lowest BCUT2D eigenvalue weighted by Crippen LogP contribution is -2.12. The Labute approximate surface area is 161 Å². The number of para-hydroxylation sites is 1. The molecule has 0 unspecified atom stereocenters. The van der Waals surface area contributed by atoms with E-state index in [4.69, 9.17) is 0 Å². The van der Waals surface area contributed by atoms with E-state index in [-0.39, 0.29) is 10.8 Å². The molecule has 4 rings (SSSR count). The largest absolute Gasteiger partial charge is 0.338 e. The molecule has 0 saturated carbocycles. The molecule has 0 aliphatic carbocycles. The highest BCUT2D eigenvalue weighted by Gasteiger charge is 2.16. The van der Waals surface area contributed by atoms with Crippen LogP contribution in [0.5, 0.6) is 0 Å². The maximum absolute atomic E-state index is 12.7. The van der Waals surface area contributed by atoms with Gasteiger partial charge in [0.05, 0.1) is 27.9 Å². The van der Waals surface area contributed by atoms with Crippen molar-refractivity contribution >= 4 is 32.5 Å². The molecule has 0 aliphatic heterocycles. The van der Waals surface area contributed by atoms with Crippen LogP contribution in [0.25, 0.3) is 22.4 Å². The first-order chi connectivity index (χ1) is 13.4. The second-order valence-corrected chi connectivity index (χ2v) is 8.30. The monoisotopic (exact) mass is 392 g/mol. The minimum absolute atomic E-state index is 0.208. The summed E-state index contributed by atoms with van der Waals surface area (Å²) in [5.74, 6) is 0.184. The lowest BCUT2D eigenvalue weighted by molar-refractivity contribution is 0.102. The first-order valence-corrected chi connectivity index (χ1v) is 10.3. The van der Waals surface area contributed by atoms with E-state index in [9.17, 15) is 13.2 Å². The molecule has 2 aromatic heterocycles. The van der Waals surface area contributed by atoms with Crippen LogP contribution in [0.15, 0.2) is 71.9 Å². The van der Waals surface area contributed by atoms with Crippen LogP contribution in [0.2, 0.25) is 0 Å². The van der Waals surface area contributed by atoms with E-state index >= 15 is 0 Å². The van der Waals surface area contributed by atoms with Crippen LogP contribution in [0.3, 0.4) is 0 Å². The number of carbonyl (C=O) groups is 1. The first-order valence-electron chi connectivity index (χ1n) is 8.42. The maximum Gasteiger partial charge on any atom is 0.257 e. The van der Waals surface area contributed by atoms with E-state index in [1.54, 1.807) is 54.9 Å². The first kappa shape index (κ1) is 17.9. The van der Waals surface area contributed by atoms with Gasteiger partial charge in [-0.15, -0.1) is 0 Å². The third-order valence-corrected chi connectivity index (χ3v) is 5.32. The molecule has 0 aliphatic rings. The van der Waals surface area contributed by atoms with E-state index in [1.807, 2.05) is 6.07 Å². The van der Waals surface area contributed by atoms with Crippen LogP contribution in [0.1, 0.15) is 10.4 Å². The Bertz CT molecular complexity index is 1280. The lowest BCUT2D eigenvalue weighted by atomic mass is 10.1. The van der Waals surface area contributed by atoms with Gasteiger partial charge in [-0.1, -0.05) is 18.2 Å². The molecule has 4 aromatic rings. The van der Waals surface area contributed by atoms with Crippen molar-refractivity contribution in [2.45, 2.75) is 4.90 Å². The van der Waals surface area contributed by atoms with Gasteiger partial charge in [-0.2, -0.15) is 0 Å². The van der Waals surface area contributed by atoms with Crippen molar-refractivity contribution in [2.24, 2.45) is 0 Å². The van der Waals surface area contributed by atoms with Gasteiger partial charge in [0.2, 0.25) is 0 Å². The number of aromatic amines is 1. The molecule has 1 amide bonds. The predicted octanol–water partition coefficient (Wildman–Crippen LogP) is 3.28. The summed E-state index contributed by atoms with van der Waals surface area (Å²) in [6, 6.07) is 15.3. The Hall–Kier alpha value is -3.52. The van der Waals surface area contributed by atoms with Crippen molar-refractivity contribution in [3.05, 3.63) is 72.6 Å². The Kier molecular flexibility index (Phi) is 4.40. The number of nitrogens with one attached hydrogen (secondary N) is 2. The highest BCUT2D eigenvalue weighted by Crippen LogP contribution is 2.25. The number of nitrogens with zero attached hydrogens (tertiary/aromatic N) is 2. The Balaban J connectivity index is 1.75. The van der Waals surface area contributed by atoms with Crippen LogP contribution >= 0.6 is 0 Å². The maximum atomic E-state index is 12.7. The van der Waals surface area contributed by atoms with Crippen LogP contribution in [0.4, 0.5) is 5.69 Å². The molecule has 2 aromatic carbocycles. The third kappa shape index (κ3) is 3.49. The minimum Gasteiger partial charge on any atom is -0.338 e. The number of imidazole rings is 1. The summed E-state index contributed by atoms with van der Waals surface area (Å²) in [6.45, 7) is 0. The summed E-state index contributed by atoms with van der Waals surface area (Å²) >= 11 is 0. The average Bonchev–Trinajstić information content (AvgIpc) is 3.12. The van der Waals surface area contributed by atoms with Crippen LogP contribution in [0, 0.1) is 0 Å². The number of fused-ring (bicyclic) bond motifs is 1. The number of amides is 1. The van der Waals surface area contributed by atoms with Gasteiger partial charge in [0.25, 0.3) is 5.91 Å². The number of aromatic nitrogens is 3. The zero-order chi connectivity index (χ0) is 19.7. The fourth-order valence-corrected chi connectivity index (χ4v) is 3.53. The molecule has 0 fully saturated rings. The molecule has 2 N–H and O–H groups in total. The molecule has 0 atom stereocenters. The molecule has 7 nitrogen and oxygen atoms in total. The predicted molar refractivity (Wildman–Crippen MR) is 107 cm³/mol. The van der Waals surface area contributed by atoms with E-state index in [0.717, 1.165) is 6.26 Å². The molecular weight excluding hydrogens is 376 g/mol. The Morgan fingerprint density at radius 1 is 1.07 bits per heavy atom.